The number of piperidine rings is 1. The number of piperazine rings is 1. The van der Waals surface area contributed by atoms with Gasteiger partial charge in [-0.2, -0.15) is 0 Å². The number of rotatable bonds is 5. The van der Waals surface area contributed by atoms with Crippen molar-refractivity contribution in [3.8, 4) is 0 Å². The second-order valence-corrected chi connectivity index (χ2v) is 9.99. The molecule has 2 aromatic carbocycles. The van der Waals surface area contributed by atoms with Gasteiger partial charge in [0.25, 0.3) is 0 Å². The molecule has 36 heavy (non-hydrogen) atoms. The van der Waals surface area contributed by atoms with E-state index in [9.17, 15) is 14.4 Å². The Morgan fingerprint density at radius 3 is 2.25 bits per heavy atom. The molecule has 0 bridgehead atoms. The number of likely N-dealkylation sites (tertiary alicyclic amines) is 1. The lowest BCUT2D eigenvalue weighted by molar-refractivity contribution is -0.141. The summed E-state index contributed by atoms with van der Waals surface area (Å²) in [6.07, 6.45) is 0. The minimum absolute atomic E-state index is 0.0152. The molecule has 3 atom stereocenters. The highest BCUT2D eigenvalue weighted by atomic mass is 16.2. The van der Waals surface area contributed by atoms with Gasteiger partial charge >= 0.3 is 0 Å². The highest BCUT2D eigenvalue weighted by Crippen LogP contribution is 2.32. The van der Waals surface area contributed by atoms with Crippen LogP contribution in [0.4, 0.5) is 11.4 Å². The maximum Gasteiger partial charge on any atom is 0.247 e. The van der Waals surface area contributed by atoms with E-state index < -0.39 is 0 Å². The van der Waals surface area contributed by atoms with Crippen molar-refractivity contribution in [2.24, 2.45) is 11.8 Å². The Bertz CT molecular complexity index is 1090. The number of amides is 3. The molecule has 9 nitrogen and oxygen atoms in total. The van der Waals surface area contributed by atoms with E-state index in [1.807, 2.05) is 72.6 Å². The molecule has 3 aliphatic heterocycles. The van der Waals surface area contributed by atoms with Gasteiger partial charge in [-0.05, 0) is 31.3 Å². The number of nitrogens with one attached hydrogen (secondary N) is 1. The first kappa shape index (κ1) is 24.4. The second-order valence-electron chi connectivity index (χ2n) is 9.99. The van der Waals surface area contributed by atoms with Crippen LogP contribution < -0.4 is 15.3 Å². The fourth-order valence-electron chi connectivity index (χ4n) is 5.51. The van der Waals surface area contributed by atoms with E-state index >= 15 is 0 Å². The lowest BCUT2D eigenvalue weighted by atomic mass is 9.84. The highest BCUT2D eigenvalue weighted by Gasteiger charge is 2.51. The normalized spacial score (nSPS) is 25.1. The van der Waals surface area contributed by atoms with Gasteiger partial charge in [0.05, 0.1) is 30.1 Å². The van der Waals surface area contributed by atoms with Crippen LogP contribution in [0.5, 0.6) is 0 Å². The molecule has 9 heteroatoms. The Hall–Kier alpha value is -3.27. The number of anilines is 2. The van der Waals surface area contributed by atoms with Gasteiger partial charge in [-0.25, -0.2) is 10.4 Å². The summed E-state index contributed by atoms with van der Waals surface area (Å²) in [6, 6.07) is 18.9. The summed E-state index contributed by atoms with van der Waals surface area (Å²) >= 11 is 0. The SMILES string of the molecule is CN1CC(C(=O)N2CCN(CC(=O)N(C)c3ccccc3)CC2)C2NN(c3ccccc3)C(=O)C2C1. The van der Waals surface area contributed by atoms with Crippen LogP contribution in [0.3, 0.4) is 0 Å². The molecule has 5 rings (SSSR count). The van der Waals surface area contributed by atoms with Gasteiger partial charge in [0.15, 0.2) is 0 Å². The van der Waals surface area contributed by atoms with Crippen LogP contribution in [0, 0.1) is 11.8 Å². The summed E-state index contributed by atoms with van der Waals surface area (Å²) in [5.74, 6) is -0.429. The molecule has 0 saturated carbocycles. The Morgan fingerprint density at radius 2 is 1.58 bits per heavy atom. The van der Waals surface area contributed by atoms with Crippen LogP contribution in [-0.2, 0) is 14.4 Å². The third-order valence-electron chi connectivity index (χ3n) is 7.59. The summed E-state index contributed by atoms with van der Waals surface area (Å²) in [4.78, 5) is 47.4. The van der Waals surface area contributed by atoms with Crippen molar-refractivity contribution >= 4 is 29.1 Å². The third kappa shape index (κ3) is 4.86. The number of carbonyl (C=O) groups is 3. The summed E-state index contributed by atoms with van der Waals surface area (Å²) < 4.78 is 0. The van der Waals surface area contributed by atoms with Crippen LogP contribution in [0.15, 0.2) is 60.7 Å². The number of hydrazine groups is 1. The molecule has 2 aromatic rings. The minimum Gasteiger partial charge on any atom is -0.340 e. The summed E-state index contributed by atoms with van der Waals surface area (Å²) in [5.41, 5.74) is 5.03. The fraction of sp³-hybridized carbons (Fsp3) is 0.444. The standard InChI is InChI=1S/C27H34N6O3/c1-29-17-22(25-23(18-29)27(36)33(28-25)21-11-7-4-8-12-21)26(35)32-15-13-31(14-16-32)19-24(34)30(2)20-9-5-3-6-10-20/h3-12,22-23,25,28H,13-19H2,1-2H3. The Kier molecular flexibility index (Phi) is 7.04. The molecule has 3 unspecified atom stereocenters. The molecule has 3 aliphatic rings. The van der Waals surface area contributed by atoms with Crippen molar-refractivity contribution < 1.29 is 14.4 Å². The Morgan fingerprint density at radius 1 is 0.944 bits per heavy atom. The van der Waals surface area contributed by atoms with Crippen molar-refractivity contribution in [1.29, 1.82) is 0 Å². The predicted molar refractivity (Wildman–Crippen MR) is 138 cm³/mol. The summed E-state index contributed by atoms with van der Waals surface area (Å²) in [6.45, 7) is 4.03. The van der Waals surface area contributed by atoms with E-state index in [2.05, 4.69) is 15.2 Å². The van der Waals surface area contributed by atoms with E-state index in [0.29, 0.717) is 45.8 Å². The van der Waals surface area contributed by atoms with Gasteiger partial charge in [0.2, 0.25) is 17.7 Å². The zero-order valence-electron chi connectivity index (χ0n) is 20.9. The van der Waals surface area contributed by atoms with E-state index in [-0.39, 0.29) is 35.6 Å². The lowest BCUT2D eigenvalue weighted by Crippen LogP contribution is -2.59. The van der Waals surface area contributed by atoms with Crippen molar-refractivity contribution in [1.82, 2.24) is 20.1 Å². The fourth-order valence-corrected chi connectivity index (χ4v) is 5.51. The molecule has 3 amide bonds. The number of fused-ring (bicyclic) bond motifs is 1. The number of hydrogen-bond donors (Lipinski definition) is 1. The van der Waals surface area contributed by atoms with Gasteiger partial charge in [-0.3, -0.25) is 19.3 Å². The summed E-state index contributed by atoms with van der Waals surface area (Å²) in [5, 5.41) is 1.61. The number of benzene rings is 2. The summed E-state index contributed by atoms with van der Waals surface area (Å²) in [7, 11) is 3.77. The molecular formula is C27H34N6O3. The first-order chi connectivity index (χ1) is 17.4. The van der Waals surface area contributed by atoms with E-state index in [0.717, 1.165) is 11.4 Å². The average Bonchev–Trinajstić information content (AvgIpc) is 3.24. The first-order valence-corrected chi connectivity index (χ1v) is 12.6. The number of nitrogens with zero attached hydrogens (tertiary/aromatic N) is 5. The van der Waals surface area contributed by atoms with E-state index in [1.54, 1.807) is 17.0 Å². The van der Waals surface area contributed by atoms with Crippen LogP contribution in [0.25, 0.3) is 0 Å². The predicted octanol–water partition coefficient (Wildman–Crippen LogP) is 0.891. The zero-order chi connectivity index (χ0) is 25.2. The third-order valence-corrected chi connectivity index (χ3v) is 7.59. The Balaban J connectivity index is 1.19. The zero-order valence-corrected chi connectivity index (χ0v) is 20.9. The molecule has 0 spiro atoms. The van der Waals surface area contributed by atoms with Crippen molar-refractivity contribution in [2.75, 3.05) is 69.8 Å². The van der Waals surface area contributed by atoms with Crippen LogP contribution >= 0.6 is 0 Å². The first-order valence-electron chi connectivity index (χ1n) is 12.6. The van der Waals surface area contributed by atoms with E-state index in [4.69, 9.17) is 0 Å². The van der Waals surface area contributed by atoms with Gasteiger partial charge in [0.1, 0.15) is 0 Å². The smallest absolute Gasteiger partial charge is 0.247 e. The number of hydrogen-bond acceptors (Lipinski definition) is 6. The van der Waals surface area contributed by atoms with Crippen molar-refractivity contribution in [3.05, 3.63) is 60.7 Å². The molecule has 190 valence electrons. The number of para-hydroxylation sites is 2. The molecule has 0 aromatic heterocycles. The Labute approximate surface area is 212 Å². The molecule has 3 saturated heterocycles. The molecule has 0 radical (unpaired) electrons. The molecular weight excluding hydrogens is 456 g/mol. The molecule has 1 N–H and O–H groups in total. The van der Waals surface area contributed by atoms with Gasteiger partial charge in [0, 0.05) is 52.0 Å². The van der Waals surface area contributed by atoms with Crippen LogP contribution in [0.2, 0.25) is 0 Å². The second kappa shape index (κ2) is 10.4. The van der Waals surface area contributed by atoms with Gasteiger partial charge < -0.3 is 14.7 Å². The molecule has 3 heterocycles. The maximum absolute atomic E-state index is 13.6. The maximum atomic E-state index is 13.6. The monoisotopic (exact) mass is 490 g/mol. The molecule has 0 aliphatic carbocycles. The van der Waals surface area contributed by atoms with Crippen molar-refractivity contribution in [2.45, 2.75) is 6.04 Å². The number of likely N-dealkylation sites (N-methyl/N-ethyl adjacent to an activating group) is 1. The average molecular weight is 491 g/mol. The highest BCUT2D eigenvalue weighted by molar-refractivity contribution is 5.98. The largest absolute Gasteiger partial charge is 0.340 e. The van der Waals surface area contributed by atoms with Gasteiger partial charge in [-0.1, -0.05) is 36.4 Å². The van der Waals surface area contributed by atoms with Crippen LogP contribution in [0.1, 0.15) is 0 Å². The van der Waals surface area contributed by atoms with Crippen molar-refractivity contribution in [3.63, 3.8) is 0 Å². The minimum atomic E-state index is -0.302. The lowest BCUT2D eigenvalue weighted by Gasteiger charge is -2.41. The van der Waals surface area contributed by atoms with E-state index in [1.165, 1.54) is 0 Å². The van der Waals surface area contributed by atoms with Crippen LogP contribution in [-0.4, -0.2) is 98.4 Å². The number of carbonyl (C=O) groups excluding carboxylic acids is 3. The van der Waals surface area contributed by atoms with Gasteiger partial charge in [-0.15, -0.1) is 0 Å². The molecule has 3 fully saturated rings. The topological polar surface area (TPSA) is 79.4 Å². The quantitative estimate of drug-likeness (QED) is 0.671.